The molecule has 0 unspecified atom stereocenters. The number of benzene rings is 1. The number of aromatic nitrogens is 2. The lowest BCUT2D eigenvalue weighted by Crippen LogP contribution is -1.95. The summed E-state index contributed by atoms with van der Waals surface area (Å²) in [4.78, 5) is 12.1. The predicted octanol–water partition coefficient (Wildman–Crippen LogP) is 4.63. The van der Waals surface area contributed by atoms with Crippen molar-refractivity contribution in [1.82, 2.24) is 9.78 Å². The van der Waals surface area contributed by atoms with E-state index in [-0.39, 0.29) is 5.78 Å². The number of hydrogen-bond acceptors (Lipinski definition) is 3. The summed E-state index contributed by atoms with van der Waals surface area (Å²) in [5, 5.41) is 4.90. The van der Waals surface area contributed by atoms with E-state index in [1.165, 1.54) is 6.08 Å². The number of halogens is 1. The van der Waals surface area contributed by atoms with Crippen molar-refractivity contribution in [2.75, 3.05) is 0 Å². The number of carbonyl (C=O) groups excluding carboxylic acids is 1. The van der Waals surface area contributed by atoms with Crippen LogP contribution in [0.2, 0.25) is 5.15 Å². The second-order valence-electron chi connectivity index (χ2n) is 5.15. The molecule has 0 spiro atoms. The first-order valence-electron chi connectivity index (χ1n) is 7.15. The lowest BCUT2D eigenvalue weighted by molar-refractivity contribution is 0.102. The van der Waals surface area contributed by atoms with E-state index >= 15 is 0 Å². The number of rotatable bonds is 4. The molecule has 0 N–H and O–H groups in total. The molecule has 1 aromatic carbocycles. The van der Waals surface area contributed by atoms with Crippen LogP contribution < -0.4 is 0 Å². The summed E-state index contributed by atoms with van der Waals surface area (Å²) in [6.45, 7) is 3.65. The molecule has 23 heavy (non-hydrogen) atoms. The lowest BCUT2D eigenvalue weighted by Gasteiger charge is -2.01. The molecule has 0 bridgehead atoms. The Morgan fingerprint density at radius 2 is 1.91 bits per heavy atom. The van der Waals surface area contributed by atoms with Crippen LogP contribution in [0.1, 0.15) is 27.6 Å². The van der Waals surface area contributed by atoms with Crippen molar-refractivity contribution in [1.29, 1.82) is 0 Å². The minimum absolute atomic E-state index is 0.207. The van der Waals surface area contributed by atoms with E-state index in [0.717, 1.165) is 11.4 Å². The van der Waals surface area contributed by atoms with Crippen molar-refractivity contribution in [2.24, 2.45) is 0 Å². The van der Waals surface area contributed by atoms with E-state index in [1.54, 1.807) is 29.8 Å². The van der Waals surface area contributed by atoms with Crippen molar-refractivity contribution in [3.8, 4) is 5.69 Å². The average molecular weight is 327 g/mol. The molecular weight excluding hydrogens is 312 g/mol. The molecule has 0 aliphatic heterocycles. The number of furan rings is 1. The van der Waals surface area contributed by atoms with Crippen LogP contribution >= 0.6 is 11.6 Å². The molecule has 3 rings (SSSR count). The Labute approximate surface area is 139 Å². The van der Waals surface area contributed by atoms with Gasteiger partial charge in [0, 0.05) is 5.56 Å². The fourth-order valence-electron chi connectivity index (χ4n) is 2.25. The van der Waals surface area contributed by atoms with Crippen LogP contribution in [0.25, 0.3) is 11.8 Å². The van der Waals surface area contributed by atoms with Gasteiger partial charge in [-0.3, -0.25) is 4.79 Å². The summed E-state index contributed by atoms with van der Waals surface area (Å²) < 4.78 is 6.96. The average Bonchev–Trinajstić information content (AvgIpc) is 3.10. The number of hydrogen-bond donors (Lipinski definition) is 0. The second-order valence-corrected chi connectivity index (χ2v) is 5.50. The molecule has 2 heterocycles. The summed E-state index contributed by atoms with van der Waals surface area (Å²) in [6, 6.07) is 13.0. The highest BCUT2D eigenvalue weighted by molar-refractivity contribution is 6.31. The van der Waals surface area contributed by atoms with Gasteiger partial charge in [0.25, 0.3) is 0 Å². The topological polar surface area (TPSA) is 48.0 Å². The number of nitrogens with zero attached hydrogens (tertiary/aromatic N) is 2. The molecular formula is C18H15ClN2O2. The van der Waals surface area contributed by atoms with Crippen molar-refractivity contribution in [3.63, 3.8) is 0 Å². The van der Waals surface area contributed by atoms with E-state index in [1.807, 2.05) is 37.3 Å². The van der Waals surface area contributed by atoms with Crippen molar-refractivity contribution in [3.05, 3.63) is 76.5 Å². The number of aryl methyl sites for hydroxylation is 2. The molecule has 0 aliphatic carbocycles. The highest BCUT2D eigenvalue weighted by atomic mass is 35.5. The van der Waals surface area contributed by atoms with E-state index in [9.17, 15) is 4.79 Å². The molecule has 0 saturated heterocycles. The highest BCUT2D eigenvalue weighted by Gasteiger charge is 2.13. The number of carbonyl (C=O) groups is 1. The number of para-hydroxylation sites is 1. The highest BCUT2D eigenvalue weighted by Crippen LogP contribution is 2.24. The monoisotopic (exact) mass is 326 g/mol. The van der Waals surface area contributed by atoms with E-state index in [0.29, 0.717) is 22.2 Å². The predicted molar refractivity (Wildman–Crippen MR) is 90.1 cm³/mol. The molecule has 3 aromatic rings. The number of ketones is 1. The standard InChI is InChI=1S/C18H15ClN2O2/c1-12-8-11-17(23-12)16(22)10-9-15-13(2)20-21(18(15)19)14-6-4-3-5-7-14/h3-11H,1-2H3. The molecule has 0 radical (unpaired) electrons. The summed E-state index contributed by atoms with van der Waals surface area (Å²) in [7, 11) is 0. The van der Waals surface area contributed by atoms with Crippen molar-refractivity contribution >= 4 is 23.5 Å². The Morgan fingerprint density at radius 1 is 1.17 bits per heavy atom. The Morgan fingerprint density at radius 3 is 2.57 bits per heavy atom. The molecule has 0 fully saturated rings. The largest absolute Gasteiger partial charge is 0.458 e. The summed E-state index contributed by atoms with van der Waals surface area (Å²) in [6.07, 6.45) is 3.12. The van der Waals surface area contributed by atoms with E-state index in [4.69, 9.17) is 16.0 Å². The summed E-state index contributed by atoms with van der Waals surface area (Å²) in [5.74, 6) is 0.803. The molecule has 0 atom stereocenters. The third-order valence-electron chi connectivity index (χ3n) is 3.43. The maximum absolute atomic E-state index is 12.1. The van der Waals surface area contributed by atoms with Gasteiger partial charge in [0.05, 0.1) is 11.4 Å². The molecule has 2 aromatic heterocycles. The van der Waals surface area contributed by atoms with Crippen molar-refractivity contribution < 1.29 is 9.21 Å². The van der Waals surface area contributed by atoms with Crippen LogP contribution in [-0.4, -0.2) is 15.6 Å². The van der Waals surface area contributed by atoms with Gasteiger partial charge in [0.15, 0.2) is 5.76 Å². The van der Waals surface area contributed by atoms with Gasteiger partial charge in [-0.15, -0.1) is 0 Å². The summed E-state index contributed by atoms with van der Waals surface area (Å²) >= 11 is 6.41. The molecule has 5 heteroatoms. The van der Waals surface area contributed by atoms with Crippen molar-refractivity contribution in [2.45, 2.75) is 13.8 Å². The van der Waals surface area contributed by atoms with Gasteiger partial charge in [0.1, 0.15) is 10.9 Å². The van der Waals surface area contributed by atoms with Crippen LogP contribution in [0, 0.1) is 13.8 Å². The zero-order chi connectivity index (χ0) is 16.4. The zero-order valence-corrected chi connectivity index (χ0v) is 13.5. The first-order chi connectivity index (χ1) is 11.1. The van der Waals surface area contributed by atoms with Crippen LogP contribution in [0.5, 0.6) is 0 Å². The third-order valence-corrected chi connectivity index (χ3v) is 3.80. The first kappa shape index (κ1) is 15.3. The first-order valence-corrected chi connectivity index (χ1v) is 7.53. The van der Waals surface area contributed by atoms with Gasteiger partial charge in [-0.1, -0.05) is 29.8 Å². The smallest absolute Gasteiger partial charge is 0.221 e. The van der Waals surface area contributed by atoms with E-state index in [2.05, 4.69) is 5.10 Å². The van der Waals surface area contributed by atoms with Gasteiger partial charge >= 0.3 is 0 Å². The fourth-order valence-corrected chi connectivity index (χ4v) is 2.58. The third kappa shape index (κ3) is 3.12. The SMILES string of the molecule is Cc1ccc(C(=O)C=Cc2c(C)nn(-c3ccccc3)c2Cl)o1. The Balaban J connectivity index is 1.90. The summed E-state index contributed by atoms with van der Waals surface area (Å²) in [5.41, 5.74) is 2.33. The normalized spacial score (nSPS) is 11.3. The van der Waals surface area contributed by atoms with Gasteiger partial charge < -0.3 is 4.42 Å². The minimum Gasteiger partial charge on any atom is -0.458 e. The van der Waals surface area contributed by atoms with E-state index < -0.39 is 0 Å². The molecule has 116 valence electrons. The fraction of sp³-hybridized carbons (Fsp3) is 0.111. The van der Waals surface area contributed by atoms with Gasteiger partial charge in [-0.05, 0) is 50.3 Å². The lowest BCUT2D eigenvalue weighted by atomic mass is 10.2. The quantitative estimate of drug-likeness (QED) is 0.518. The Hall–Kier alpha value is -2.59. The van der Waals surface area contributed by atoms with Gasteiger partial charge in [0.2, 0.25) is 5.78 Å². The zero-order valence-electron chi connectivity index (χ0n) is 12.8. The Kier molecular flexibility index (Phi) is 4.17. The maximum Gasteiger partial charge on any atom is 0.221 e. The van der Waals surface area contributed by atoms with Crippen LogP contribution in [0.15, 0.2) is 53.0 Å². The molecule has 0 amide bonds. The molecule has 0 aliphatic rings. The van der Waals surface area contributed by atoms with Gasteiger partial charge in [-0.2, -0.15) is 5.10 Å². The van der Waals surface area contributed by atoms with Crippen LogP contribution in [0.3, 0.4) is 0 Å². The second kappa shape index (κ2) is 6.26. The molecule has 0 saturated carbocycles. The van der Waals surface area contributed by atoms with Crippen LogP contribution in [0.4, 0.5) is 0 Å². The minimum atomic E-state index is -0.207. The maximum atomic E-state index is 12.1. The number of allylic oxidation sites excluding steroid dienone is 1. The van der Waals surface area contributed by atoms with Gasteiger partial charge in [-0.25, -0.2) is 4.68 Å². The van der Waals surface area contributed by atoms with Crippen LogP contribution in [-0.2, 0) is 0 Å². The molecule has 4 nitrogen and oxygen atoms in total. The Bertz CT molecular complexity index is 876.